The maximum atomic E-state index is 12.8. The number of alkyl halides is 3. The van der Waals surface area contributed by atoms with Gasteiger partial charge in [-0.25, -0.2) is 4.79 Å². The molecule has 0 N–H and O–H groups in total. The molecule has 0 saturated carbocycles. The zero-order valence-electron chi connectivity index (χ0n) is 17.2. The maximum Gasteiger partial charge on any atom is 0.416 e. The Balaban J connectivity index is 1.70. The SMILES string of the molecule is CN(CCC(Oc1ccc(C(F)(F)F)cc1)c1cccc(Br)c1)C(=O)Oc1ccccc1. The molecule has 0 aliphatic carbocycles. The van der Waals surface area contributed by atoms with Gasteiger partial charge in [-0.15, -0.1) is 0 Å². The van der Waals surface area contributed by atoms with Gasteiger partial charge < -0.3 is 14.4 Å². The maximum absolute atomic E-state index is 12.8. The molecule has 168 valence electrons. The highest BCUT2D eigenvalue weighted by molar-refractivity contribution is 9.10. The summed E-state index contributed by atoms with van der Waals surface area (Å²) >= 11 is 3.42. The Kier molecular flexibility index (Phi) is 7.80. The second kappa shape index (κ2) is 10.5. The van der Waals surface area contributed by atoms with Gasteiger partial charge in [0.15, 0.2) is 0 Å². The van der Waals surface area contributed by atoms with Gasteiger partial charge in [0.25, 0.3) is 0 Å². The van der Waals surface area contributed by atoms with Crippen LogP contribution in [-0.2, 0) is 6.18 Å². The fraction of sp³-hybridized carbons (Fsp3) is 0.208. The first-order valence-corrected chi connectivity index (χ1v) is 10.6. The van der Waals surface area contributed by atoms with Crippen LogP contribution in [0.15, 0.2) is 83.3 Å². The summed E-state index contributed by atoms with van der Waals surface area (Å²) in [4.78, 5) is 13.8. The lowest BCUT2D eigenvalue weighted by Gasteiger charge is -2.23. The Morgan fingerprint density at radius 1 is 0.969 bits per heavy atom. The number of para-hydroxylation sites is 1. The van der Waals surface area contributed by atoms with Gasteiger partial charge in [0, 0.05) is 24.5 Å². The van der Waals surface area contributed by atoms with E-state index in [0.717, 1.165) is 22.2 Å². The summed E-state index contributed by atoms with van der Waals surface area (Å²) in [5.74, 6) is 0.742. The van der Waals surface area contributed by atoms with Crippen molar-refractivity contribution in [3.63, 3.8) is 0 Å². The Morgan fingerprint density at radius 3 is 2.28 bits per heavy atom. The van der Waals surface area contributed by atoms with E-state index in [2.05, 4.69) is 15.9 Å². The number of hydrogen-bond donors (Lipinski definition) is 0. The largest absolute Gasteiger partial charge is 0.486 e. The quantitative estimate of drug-likeness (QED) is 0.342. The van der Waals surface area contributed by atoms with Crippen LogP contribution in [0, 0.1) is 0 Å². The van der Waals surface area contributed by atoms with Crippen LogP contribution in [0.1, 0.15) is 23.7 Å². The van der Waals surface area contributed by atoms with E-state index in [4.69, 9.17) is 9.47 Å². The predicted octanol–water partition coefficient (Wildman–Crippen LogP) is 7.11. The van der Waals surface area contributed by atoms with Gasteiger partial charge in [-0.1, -0.05) is 46.3 Å². The summed E-state index contributed by atoms with van der Waals surface area (Å²) in [7, 11) is 1.61. The van der Waals surface area contributed by atoms with Crippen molar-refractivity contribution in [3.05, 3.63) is 94.5 Å². The third-order valence-electron chi connectivity index (χ3n) is 4.67. The molecule has 1 atom stereocenters. The predicted molar refractivity (Wildman–Crippen MR) is 119 cm³/mol. The van der Waals surface area contributed by atoms with Gasteiger partial charge in [0.1, 0.15) is 17.6 Å². The van der Waals surface area contributed by atoms with E-state index in [9.17, 15) is 18.0 Å². The van der Waals surface area contributed by atoms with Gasteiger partial charge in [0.2, 0.25) is 0 Å². The summed E-state index contributed by atoms with van der Waals surface area (Å²) in [5.41, 5.74) is 0.0799. The molecular weight excluding hydrogens is 487 g/mol. The van der Waals surface area contributed by atoms with Gasteiger partial charge in [-0.05, 0) is 54.1 Å². The normalized spacial score (nSPS) is 12.2. The van der Waals surface area contributed by atoms with Crippen molar-refractivity contribution in [1.29, 1.82) is 0 Å². The molecule has 4 nitrogen and oxygen atoms in total. The lowest BCUT2D eigenvalue weighted by molar-refractivity contribution is -0.137. The van der Waals surface area contributed by atoms with Crippen molar-refractivity contribution < 1.29 is 27.4 Å². The van der Waals surface area contributed by atoms with Crippen molar-refractivity contribution in [3.8, 4) is 11.5 Å². The third kappa shape index (κ3) is 6.75. The molecule has 0 fully saturated rings. The second-order valence-electron chi connectivity index (χ2n) is 7.07. The Bertz CT molecular complexity index is 1030. The number of carbonyl (C=O) groups excluding carboxylic acids is 1. The minimum Gasteiger partial charge on any atom is -0.486 e. The van der Waals surface area contributed by atoms with E-state index in [1.165, 1.54) is 17.0 Å². The highest BCUT2D eigenvalue weighted by Gasteiger charge is 2.30. The molecule has 0 bridgehead atoms. The summed E-state index contributed by atoms with van der Waals surface area (Å²) in [5, 5.41) is 0. The van der Waals surface area contributed by atoms with Crippen LogP contribution in [0.3, 0.4) is 0 Å². The molecule has 0 radical (unpaired) electrons. The number of amides is 1. The van der Waals surface area contributed by atoms with Crippen molar-refractivity contribution in [2.24, 2.45) is 0 Å². The molecule has 3 rings (SSSR count). The first kappa shape index (κ1) is 23.7. The van der Waals surface area contributed by atoms with Gasteiger partial charge in [-0.3, -0.25) is 0 Å². The first-order chi connectivity index (χ1) is 15.2. The second-order valence-corrected chi connectivity index (χ2v) is 7.99. The number of carbonyl (C=O) groups is 1. The molecule has 3 aromatic rings. The molecule has 8 heteroatoms. The van der Waals surface area contributed by atoms with Gasteiger partial charge in [0.05, 0.1) is 5.56 Å². The zero-order chi connectivity index (χ0) is 23.1. The Labute approximate surface area is 192 Å². The summed E-state index contributed by atoms with van der Waals surface area (Å²) in [6.07, 6.45) is -5.02. The van der Waals surface area contributed by atoms with Crippen molar-refractivity contribution in [2.75, 3.05) is 13.6 Å². The molecule has 0 aliphatic rings. The number of hydrogen-bond acceptors (Lipinski definition) is 3. The lowest BCUT2D eigenvalue weighted by atomic mass is 10.1. The lowest BCUT2D eigenvalue weighted by Crippen LogP contribution is -2.31. The van der Waals surface area contributed by atoms with E-state index >= 15 is 0 Å². The van der Waals surface area contributed by atoms with E-state index in [1.54, 1.807) is 31.3 Å². The van der Waals surface area contributed by atoms with Crippen molar-refractivity contribution in [1.82, 2.24) is 4.90 Å². The molecule has 1 amide bonds. The minimum absolute atomic E-state index is 0.303. The highest BCUT2D eigenvalue weighted by Crippen LogP contribution is 2.32. The zero-order valence-corrected chi connectivity index (χ0v) is 18.8. The monoisotopic (exact) mass is 507 g/mol. The number of nitrogens with zero attached hydrogens (tertiary/aromatic N) is 1. The van der Waals surface area contributed by atoms with Crippen LogP contribution in [0.2, 0.25) is 0 Å². The van der Waals surface area contributed by atoms with Crippen molar-refractivity contribution >= 4 is 22.0 Å². The fourth-order valence-electron chi connectivity index (χ4n) is 2.96. The van der Waals surface area contributed by atoms with Gasteiger partial charge >= 0.3 is 12.3 Å². The molecule has 0 aromatic heterocycles. The molecule has 0 heterocycles. The average Bonchev–Trinajstić information content (AvgIpc) is 2.76. The number of benzene rings is 3. The minimum atomic E-state index is -4.41. The molecular formula is C24H21BrF3NO3. The third-order valence-corrected chi connectivity index (χ3v) is 5.16. The van der Waals surface area contributed by atoms with Crippen LogP contribution in [0.5, 0.6) is 11.5 Å². The number of halogens is 4. The van der Waals surface area contributed by atoms with E-state index in [1.807, 2.05) is 30.3 Å². The van der Waals surface area contributed by atoms with Gasteiger partial charge in [-0.2, -0.15) is 13.2 Å². The molecule has 0 aliphatic heterocycles. The van der Waals surface area contributed by atoms with Crippen LogP contribution < -0.4 is 9.47 Å². The number of ether oxygens (including phenoxy) is 2. The average molecular weight is 508 g/mol. The van der Waals surface area contributed by atoms with E-state index in [-0.39, 0.29) is 0 Å². The summed E-state index contributed by atoms with van der Waals surface area (Å²) < 4.78 is 50.7. The molecule has 1 unspecified atom stereocenters. The van der Waals surface area contributed by atoms with Crippen LogP contribution in [-0.4, -0.2) is 24.6 Å². The summed E-state index contributed by atoms with van der Waals surface area (Å²) in [6.45, 7) is 0.309. The van der Waals surface area contributed by atoms with Crippen LogP contribution in [0.4, 0.5) is 18.0 Å². The molecule has 3 aromatic carbocycles. The van der Waals surface area contributed by atoms with E-state index < -0.39 is 23.9 Å². The Morgan fingerprint density at radius 2 is 1.66 bits per heavy atom. The molecule has 32 heavy (non-hydrogen) atoms. The first-order valence-electron chi connectivity index (χ1n) is 9.80. The standard InChI is InChI=1S/C24H21BrF3NO3/c1-29(23(30)32-20-8-3-2-4-9-20)15-14-22(17-6-5-7-19(25)16-17)31-21-12-10-18(11-13-21)24(26,27)28/h2-13,16,22H,14-15H2,1H3. The number of rotatable bonds is 7. The topological polar surface area (TPSA) is 38.8 Å². The summed E-state index contributed by atoms with van der Waals surface area (Å²) in [6, 6.07) is 20.7. The molecule has 0 saturated heterocycles. The fourth-order valence-corrected chi connectivity index (χ4v) is 3.37. The van der Waals surface area contributed by atoms with Crippen molar-refractivity contribution in [2.45, 2.75) is 18.7 Å². The molecule has 0 spiro atoms. The smallest absolute Gasteiger partial charge is 0.416 e. The Hall–Kier alpha value is -3.00. The van der Waals surface area contributed by atoms with Crippen LogP contribution >= 0.6 is 15.9 Å². The highest BCUT2D eigenvalue weighted by atomic mass is 79.9. The van der Waals surface area contributed by atoms with Crippen LogP contribution in [0.25, 0.3) is 0 Å². The van der Waals surface area contributed by atoms with E-state index in [0.29, 0.717) is 24.5 Å².